The van der Waals surface area contributed by atoms with Gasteiger partial charge in [0, 0.05) is 18.5 Å². The van der Waals surface area contributed by atoms with Crippen LogP contribution in [-0.2, 0) is 9.53 Å². The number of aromatic hydroxyl groups is 2. The van der Waals surface area contributed by atoms with Crippen molar-refractivity contribution in [1.29, 1.82) is 0 Å². The zero-order chi connectivity index (χ0) is 19.4. The standard InChI is InChI=1S/C17H18N2O7/c1-25-12-5-8(3-4-11(12)20)9(6-13(18)21)14-15(22)10(17(24)26-2)7-19-16(14)23/h3-5,7,9,20H,6H2,1-2H3,(H2,18,21)(H2,19,22,23)/t9-/m0/s1. The number of esters is 1. The first kappa shape index (κ1) is 18.8. The van der Waals surface area contributed by atoms with Gasteiger partial charge in [0.25, 0.3) is 5.56 Å². The van der Waals surface area contributed by atoms with Crippen LogP contribution in [0.2, 0.25) is 0 Å². The predicted molar refractivity (Wildman–Crippen MR) is 90.4 cm³/mol. The molecular weight excluding hydrogens is 344 g/mol. The van der Waals surface area contributed by atoms with E-state index >= 15 is 0 Å². The molecule has 5 N–H and O–H groups in total. The van der Waals surface area contributed by atoms with Crippen LogP contribution < -0.4 is 16.0 Å². The molecule has 1 aromatic carbocycles. The van der Waals surface area contributed by atoms with Crippen molar-refractivity contribution in [3.8, 4) is 17.2 Å². The molecule has 9 nitrogen and oxygen atoms in total. The Morgan fingerprint density at radius 1 is 1.27 bits per heavy atom. The van der Waals surface area contributed by atoms with Crippen LogP contribution in [0.3, 0.4) is 0 Å². The number of primary amides is 1. The first-order chi connectivity index (χ1) is 12.3. The lowest BCUT2D eigenvalue weighted by Gasteiger charge is -2.19. The fourth-order valence-electron chi connectivity index (χ4n) is 2.62. The van der Waals surface area contributed by atoms with Gasteiger partial charge < -0.3 is 30.4 Å². The molecule has 26 heavy (non-hydrogen) atoms. The highest BCUT2D eigenvalue weighted by molar-refractivity contribution is 5.92. The minimum Gasteiger partial charge on any atom is -0.506 e. The van der Waals surface area contributed by atoms with Crippen molar-refractivity contribution in [3.63, 3.8) is 0 Å². The molecule has 0 fully saturated rings. The molecule has 138 valence electrons. The zero-order valence-electron chi connectivity index (χ0n) is 14.1. The number of ether oxygens (including phenoxy) is 2. The number of phenols is 1. The van der Waals surface area contributed by atoms with E-state index in [0.717, 1.165) is 13.3 Å². The van der Waals surface area contributed by atoms with Gasteiger partial charge in [-0.1, -0.05) is 6.07 Å². The molecule has 0 radical (unpaired) electrons. The van der Waals surface area contributed by atoms with Gasteiger partial charge in [-0.25, -0.2) is 4.79 Å². The highest BCUT2D eigenvalue weighted by Gasteiger charge is 2.28. The maximum Gasteiger partial charge on any atom is 0.343 e. The largest absolute Gasteiger partial charge is 0.506 e. The van der Waals surface area contributed by atoms with E-state index in [1.54, 1.807) is 0 Å². The van der Waals surface area contributed by atoms with Crippen LogP contribution in [0, 0.1) is 0 Å². The number of H-pyrrole nitrogens is 1. The second-order valence-electron chi connectivity index (χ2n) is 5.44. The quantitative estimate of drug-likeness (QED) is 0.549. The van der Waals surface area contributed by atoms with Gasteiger partial charge in [-0.2, -0.15) is 0 Å². The first-order valence-corrected chi connectivity index (χ1v) is 7.48. The molecule has 0 saturated carbocycles. The summed E-state index contributed by atoms with van der Waals surface area (Å²) in [6, 6.07) is 4.18. The molecule has 1 heterocycles. The van der Waals surface area contributed by atoms with Crippen LogP contribution in [0.4, 0.5) is 0 Å². The van der Waals surface area contributed by atoms with Crippen LogP contribution >= 0.6 is 0 Å². The SMILES string of the molecule is COC(=O)c1c[nH]c(=O)c([C@@H](CC(N)=O)c2ccc(O)c(OC)c2)c1O. The number of pyridine rings is 1. The number of hydrogen-bond donors (Lipinski definition) is 4. The summed E-state index contributed by atoms with van der Waals surface area (Å²) in [5.41, 5.74) is 4.48. The third kappa shape index (κ3) is 3.61. The Hall–Kier alpha value is -3.49. The Morgan fingerprint density at radius 2 is 1.96 bits per heavy atom. The number of methoxy groups -OCH3 is 2. The monoisotopic (exact) mass is 362 g/mol. The number of nitrogens with one attached hydrogen (secondary N) is 1. The van der Waals surface area contributed by atoms with E-state index < -0.39 is 29.1 Å². The summed E-state index contributed by atoms with van der Waals surface area (Å²) in [5.74, 6) is -3.22. The molecule has 0 aliphatic carbocycles. The van der Waals surface area contributed by atoms with E-state index in [0.29, 0.717) is 5.56 Å². The van der Waals surface area contributed by atoms with Gasteiger partial charge in [0.15, 0.2) is 11.5 Å². The highest BCUT2D eigenvalue weighted by atomic mass is 16.5. The molecule has 0 saturated heterocycles. The molecule has 0 aliphatic rings. The van der Waals surface area contributed by atoms with E-state index in [1.807, 2.05) is 0 Å². The number of aromatic nitrogens is 1. The van der Waals surface area contributed by atoms with Crippen molar-refractivity contribution in [1.82, 2.24) is 4.98 Å². The summed E-state index contributed by atoms with van der Waals surface area (Å²) >= 11 is 0. The number of phenolic OH excluding ortho intramolecular Hbond substituents is 1. The smallest absolute Gasteiger partial charge is 0.343 e. The van der Waals surface area contributed by atoms with Gasteiger partial charge in [0.05, 0.1) is 19.8 Å². The van der Waals surface area contributed by atoms with E-state index in [2.05, 4.69) is 9.72 Å². The van der Waals surface area contributed by atoms with Crippen LogP contribution in [0.1, 0.15) is 33.8 Å². The van der Waals surface area contributed by atoms with E-state index in [9.17, 15) is 24.6 Å². The summed E-state index contributed by atoms with van der Waals surface area (Å²) in [5, 5.41) is 20.2. The van der Waals surface area contributed by atoms with Gasteiger partial charge in [0.1, 0.15) is 11.3 Å². The minimum atomic E-state index is -0.977. The topological polar surface area (TPSA) is 152 Å². The van der Waals surface area contributed by atoms with Crippen LogP contribution in [0.5, 0.6) is 17.2 Å². The molecule has 0 aliphatic heterocycles. The summed E-state index contributed by atoms with van der Waals surface area (Å²) in [4.78, 5) is 38.0. The van der Waals surface area contributed by atoms with Crippen molar-refractivity contribution < 1.29 is 29.3 Å². The summed E-state index contributed by atoms with van der Waals surface area (Å²) < 4.78 is 9.59. The Labute approximate surface area is 148 Å². The van der Waals surface area contributed by atoms with Gasteiger partial charge in [-0.15, -0.1) is 0 Å². The lowest BCUT2D eigenvalue weighted by atomic mass is 9.87. The third-order valence-electron chi connectivity index (χ3n) is 3.87. The lowest BCUT2D eigenvalue weighted by Crippen LogP contribution is -2.23. The highest BCUT2D eigenvalue weighted by Crippen LogP contribution is 2.37. The molecular formula is C17H18N2O7. The maximum atomic E-state index is 12.3. The number of amides is 1. The lowest BCUT2D eigenvalue weighted by molar-refractivity contribution is -0.118. The summed E-state index contributed by atoms with van der Waals surface area (Å²) in [6.07, 6.45) is 0.695. The van der Waals surface area contributed by atoms with Gasteiger partial charge >= 0.3 is 5.97 Å². The van der Waals surface area contributed by atoms with Crippen LogP contribution in [0.25, 0.3) is 0 Å². The van der Waals surface area contributed by atoms with E-state index in [1.165, 1.54) is 25.3 Å². The number of carbonyl (C=O) groups is 2. The molecule has 0 unspecified atom stereocenters. The fraction of sp³-hybridized carbons (Fsp3) is 0.235. The fourth-order valence-corrected chi connectivity index (χ4v) is 2.62. The first-order valence-electron chi connectivity index (χ1n) is 7.48. The third-order valence-corrected chi connectivity index (χ3v) is 3.87. The molecule has 1 amide bonds. The predicted octanol–water partition coefficient (Wildman–Crippen LogP) is 0.589. The van der Waals surface area contributed by atoms with Crippen molar-refractivity contribution in [3.05, 3.63) is 51.4 Å². The normalized spacial score (nSPS) is 11.6. The molecule has 0 spiro atoms. The molecule has 1 atom stereocenters. The number of rotatable bonds is 6. The van der Waals surface area contributed by atoms with Gasteiger partial charge in [-0.05, 0) is 17.7 Å². The molecule has 1 aromatic heterocycles. The molecule has 2 aromatic rings. The van der Waals surface area contributed by atoms with Crippen LogP contribution in [0.15, 0.2) is 29.2 Å². The van der Waals surface area contributed by atoms with Crippen molar-refractivity contribution in [2.45, 2.75) is 12.3 Å². The number of hydrogen-bond acceptors (Lipinski definition) is 7. The number of aromatic amines is 1. The zero-order valence-corrected chi connectivity index (χ0v) is 14.1. The Bertz CT molecular complexity index is 904. The van der Waals surface area contributed by atoms with Crippen LogP contribution in [-0.4, -0.2) is 41.3 Å². The van der Waals surface area contributed by atoms with E-state index in [4.69, 9.17) is 10.5 Å². The van der Waals surface area contributed by atoms with Gasteiger partial charge in [0.2, 0.25) is 5.91 Å². The summed E-state index contributed by atoms with van der Waals surface area (Å²) in [6.45, 7) is 0. The molecule has 2 rings (SSSR count). The summed E-state index contributed by atoms with van der Waals surface area (Å²) in [7, 11) is 2.46. The van der Waals surface area contributed by atoms with Crippen molar-refractivity contribution in [2.24, 2.45) is 5.73 Å². The maximum absolute atomic E-state index is 12.3. The minimum absolute atomic E-state index is 0.108. The molecule has 0 bridgehead atoms. The number of nitrogens with two attached hydrogens (primary N) is 1. The number of carbonyl (C=O) groups excluding carboxylic acids is 2. The second-order valence-corrected chi connectivity index (χ2v) is 5.44. The Kier molecular flexibility index (Phi) is 5.51. The molecule has 9 heteroatoms. The number of benzene rings is 1. The second kappa shape index (κ2) is 7.60. The Morgan fingerprint density at radius 3 is 2.54 bits per heavy atom. The van der Waals surface area contributed by atoms with E-state index in [-0.39, 0.29) is 29.0 Å². The average Bonchev–Trinajstić information content (AvgIpc) is 2.60. The average molecular weight is 362 g/mol. The Balaban J connectivity index is 2.70. The van der Waals surface area contributed by atoms with Gasteiger partial charge in [-0.3, -0.25) is 9.59 Å². The van der Waals surface area contributed by atoms with Crippen molar-refractivity contribution >= 4 is 11.9 Å². The van der Waals surface area contributed by atoms with Crippen molar-refractivity contribution in [2.75, 3.05) is 14.2 Å².